The van der Waals surface area contributed by atoms with Crippen LogP contribution in [0, 0.1) is 11.8 Å². The molecular weight excluding hydrogens is 140 g/mol. The summed E-state index contributed by atoms with van der Waals surface area (Å²) in [6.07, 6.45) is 4.63. The summed E-state index contributed by atoms with van der Waals surface area (Å²) in [7, 11) is 0. The number of rotatable bonds is 4. The first-order chi connectivity index (χ1) is 5.04. The van der Waals surface area contributed by atoms with Crippen LogP contribution < -0.4 is 0 Å². The zero-order chi connectivity index (χ0) is 8.85. The third kappa shape index (κ3) is 5.64. The number of allylic oxidation sites excluding steroid dienone is 1. The minimum absolute atomic E-state index is 0.353. The second kappa shape index (κ2) is 4.94. The fourth-order valence-corrected chi connectivity index (χ4v) is 0.637. The van der Waals surface area contributed by atoms with Crippen molar-refractivity contribution in [1.82, 2.24) is 0 Å². The highest BCUT2D eigenvalue weighted by Gasteiger charge is 2.04. The van der Waals surface area contributed by atoms with E-state index in [1.54, 1.807) is 13.0 Å². The Labute approximate surface area is 67.9 Å². The van der Waals surface area contributed by atoms with Gasteiger partial charge in [0, 0.05) is 0 Å². The van der Waals surface area contributed by atoms with E-state index in [-0.39, 0.29) is 5.92 Å². The summed E-state index contributed by atoms with van der Waals surface area (Å²) < 4.78 is 0. The largest absolute Gasteiger partial charge is 0.481 e. The Balaban J connectivity index is 3.65. The third-order valence-electron chi connectivity index (χ3n) is 1.42. The number of carboxylic acids is 1. The Hall–Kier alpha value is -0.790. The van der Waals surface area contributed by atoms with Crippen molar-refractivity contribution < 1.29 is 9.90 Å². The van der Waals surface area contributed by atoms with Crippen LogP contribution in [-0.4, -0.2) is 11.1 Å². The molecular formula is C9H16O2. The highest BCUT2D eigenvalue weighted by molar-refractivity contribution is 5.71. The smallest absolute Gasteiger partial charge is 0.310 e. The predicted octanol–water partition coefficient (Wildman–Crippen LogP) is 2.31. The van der Waals surface area contributed by atoms with Crippen LogP contribution in [0.3, 0.4) is 0 Å². The fourth-order valence-electron chi connectivity index (χ4n) is 0.637. The quantitative estimate of drug-likeness (QED) is 0.634. The average molecular weight is 156 g/mol. The molecule has 0 aromatic heterocycles. The van der Waals surface area contributed by atoms with Gasteiger partial charge in [-0.25, -0.2) is 0 Å². The molecule has 0 heterocycles. The Bertz CT molecular complexity index is 148. The van der Waals surface area contributed by atoms with Crippen molar-refractivity contribution in [2.75, 3.05) is 0 Å². The second-order valence-corrected chi connectivity index (χ2v) is 3.18. The average Bonchev–Trinajstić information content (AvgIpc) is 1.86. The molecule has 0 aliphatic carbocycles. The molecule has 0 aliphatic rings. The summed E-state index contributed by atoms with van der Waals surface area (Å²) in [6, 6.07) is 0. The van der Waals surface area contributed by atoms with Crippen LogP contribution in [0.15, 0.2) is 12.2 Å². The summed E-state index contributed by atoms with van der Waals surface area (Å²) in [5.41, 5.74) is 0. The topological polar surface area (TPSA) is 37.3 Å². The monoisotopic (exact) mass is 156 g/mol. The first kappa shape index (κ1) is 10.2. The Morgan fingerprint density at radius 1 is 1.45 bits per heavy atom. The lowest BCUT2D eigenvalue weighted by molar-refractivity contribution is -0.139. The highest BCUT2D eigenvalue weighted by Crippen LogP contribution is 2.03. The summed E-state index contributed by atoms with van der Waals surface area (Å²) in [5, 5.41) is 8.50. The number of carbonyl (C=O) groups is 1. The number of hydrogen-bond donors (Lipinski definition) is 1. The normalized spacial score (nSPS) is 14.2. The lowest BCUT2D eigenvalue weighted by atomic mass is 10.1. The molecule has 0 aromatic rings. The van der Waals surface area contributed by atoms with Gasteiger partial charge in [-0.1, -0.05) is 26.0 Å². The molecule has 0 amide bonds. The van der Waals surface area contributed by atoms with Gasteiger partial charge in [-0.05, 0) is 19.3 Å². The maximum absolute atomic E-state index is 10.3. The maximum atomic E-state index is 10.3. The molecule has 0 saturated carbocycles. The molecule has 0 spiro atoms. The molecule has 0 saturated heterocycles. The van der Waals surface area contributed by atoms with E-state index >= 15 is 0 Å². The first-order valence-corrected chi connectivity index (χ1v) is 3.93. The first-order valence-electron chi connectivity index (χ1n) is 3.93. The Morgan fingerprint density at radius 3 is 2.36 bits per heavy atom. The summed E-state index contributed by atoms with van der Waals surface area (Å²) in [6.45, 7) is 5.89. The molecule has 64 valence electrons. The van der Waals surface area contributed by atoms with E-state index in [0.29, 0.717) is 5.92 Å². The predicted molar refractivity (Wildman–Crippen MR) is 45.4 cm³/mol. The van der Waals surface area contributed by atoms with Gasteiger partial charge >= 0.3 is 5.97 Å². The maximum Gasteiger partial charge on any atom is 0.310 e. The fraction of sp³-hybridized carbons (Fsp3) is 0.667. The van der Waals surface area contributed by atoms with Crippen LogP contribution in [0.4, 0.5) is 0 Å². The van der Waals surface area contributed by atoms with Gasteiger partial charge in [-0.15, -0.1) is 0 Å². The van der Waals surface area contributed by atoms with Crippen LogP contribution in [-0.2, 0) is 4.79 Å². The number of hydrogen-bond acceptors (Lipinski definition) is 1. The molecule has 0 rings (SSSR count). The molecule has 0 aliphatic heterocycles. The van der Waals surface area contributed by atoms with E-state index in [4.69, 9.17) is 5.11 Å². The number of carboxylic acid groups (broad SMARTS) is 1. The number of aliphatic carboxylic acids is 1. The van der Waals surface area contributed by atoms with Gasteiger partial charge < -0.3 is 5.11 Å². The van der Waals surface area contributed by atoms with Crippen LogP contribution in [0.25, 0.3) is 0 Å². The van der Waals surface area contributed by atoms with Gasteiger partial charge in [-0.3, -0.25) is 4.79 Å². The van der Waals surface area contributed by atoms with Gasteiger partial charge in [0.2, 0.25) is 0 Å². The molecule has 0 aromatic carbocycles. The molecule has 0 radical (unpaired) electrons. The van der Waals surface area contributed by atoms with Crippen LogP contribution in [0.5, 0.6) is 0 Å². The van der Waals surface area contributed by atoms with Gasteiger partial charge in [0.25, 0.3) is 0 Å². The summed E-state index contributed by atoms with van der Waals surface area (Å²) in [5.74, 6) is -0.508. The van der Waals surface area contributed by atoms with Crippen molar-refractivity contribution in [1.29, 1.82) is 0 Å². The van der Waals surface area contributed by atoms with Crippen LogP contribution in [0.2, 0.25) is 0 Å². The standard InChI is InChI=1S/C9H16O2/c1-7(2)5-4-6-8(3)9(10)11/h4,6-8H,5H2,1-3H3,(H,10,11)/b6-4+. The van der Waals surface area contributed by atoms with Crippen molar-refractivity contribution in [2.24, 2.45) is 11.8 Å². The third-order valence-corrected chi connectivity index (χ3v) is 1.42. The molecule has 11 heavy (non-hydrogen) atoms. The van der Waals surface area contributed by atoms with E-state index in [9.17, 15) is 4.79 Å². The van der Waals surface area contributed by atoms with Crippen molar-refractivity contribution in [3.63, 3.8) is 0 Å². The minimum Gasteiger partial charge on any atom is -0.481 e. The Morgan fingerprint density at radius 2 is 2.00 bits per heavy atom. The van der Waals surface area contributed by atoms with Gasteiger partial charge in [-0.2, -0.15) is 0 Å². The van der Waals surface area contributed by atoms with Crippen molar-refractivity contribution in [3.05, 3.63) is 12.2 Å². The highest BCUT2D eigenvalue weighted by atomic mass is 16.4. The zero-order valence-corrected chi connectivity index (χ0v) is 7.37. The molecule has 1 atom stereocenters. The minimum atomic E-state index is -0.759. The lowest BCUT2D eigenvalue weighted by Gasteiger charge is -1.99. The van der Waals surface area contributed by atoms with E-state index < -0.39 is 5.97 Å². The van der Waals surface area contributed by atoms with E-state index in [0.717, 1.165) is 6.42 Å². The van der Waals surface area contributed by atoms with Gasteiger partial charge in [0.15, 0.2) is 0 Å². The van der Waals surface area contributed by atoms with E-state index in [1.165, 1.54) is 0 Å². The molecule has 2 heteroatoms. The zero-order valence-electron chi connectivity index (χ0n) is 7.37. The molecule has 1 N–H and O–H groups in total. The lowest BCUT2D eigenvalue weighted by Crippen LogP contribution is -2.05. The van der Waals surface area contributed by atoms with Crippen molar-refractivity contribution in [3.8, 4) is 0 Å². The van der Waals surface area contributed by atoms with Crippen LogP contribution >= 0.6 is 0 Å². The van der Waals surface area contributed by atoms with Crippen LogP contribution in [0.1, 0.15) is 27.2 Å². The SMILES string of the molecule is CC(C)C/C=C/C(C)C(=O)O. The summed E-state index contributed by atoms with van der Waals surface area (Å²) in [4.78, 5) is 10.3. The van der Waals surface area contributed by atoms with Crippen molar-refractivity contribution in [2.45, 2.75) is 27.2 Å². The molecule has 0 bridgehead atoms. The van der Waals surface area contributed by atoms with Gasteiger partial charge in [0.1, 0.15) is 0 Å². The van der Waals surface area contributed by atoms with E-state index in [2.05, 4.69) is 13.8 Å². The molecule has 2 nitrogen and oxygen atoms in total. The van der Waals surface area contributed by atoms with Gasteiger partial charge in [0.05, 0.1) is 5.92 Å². The molecule has 1 unspecified atom stereocenters. The Kier molecular flexibility index (Phi) is 4.59. The van der Waals surface area contributed by atoms with E-state index in [1.807, 2.05) is 6.08 Å². The summed E-state index contributed by atoms with van der Waals surface area (Å²) >= 11 is 0. The van der Waals surface area contributed by atoms with Crippen molar-refractivity contribution >= 4 is 5.97 Å². The second-order valence-electron chi connectivity index (χ2n) is 3.18. The molecule has 0 fully saturated rings.